The first-order valence-electron chi connectivity index (χ1n) is 5.68. The molecule has 1 aliphatic rings. The quantitative estimate of drug-likeness (QED) is 0.586. The van der Waals surface area contributed by atoms with Gasteiger partial charge in [0.1, 0.15) is 0 Å². The van der Waals surface area contributed by atoms with Gasteiger partial charge in [0.05, 0.1) is 5.25 Å². The maximum atomic E-state index is 2.38. The van der Waals surface area contributed by atoms with E-state index in [0.717, 1.165) is 0 Å². The Labute approximate surface area is 109 Å². The van der Waals surface area contributed by atoms with Crippen molar-refractivity contribution >= 4 is 20.7 Å². The third-order valence-electron chi connectivity index (χ3n) is 2.76. The van der Waals surface area contributed by atoms with E-state index < -0.39 is 0 Å². The third kappa shape index (κ3) is 2.43. The molecule has 2 aromatic carbocycles. The number of benzene rings is 2. The van der Waals surface area contributed by atoms with Crippen LogP contribution in [-0.4, -0.2) is 0 Å². The first kappa shape index (κ1) is 11.0. The Kier molecular flexibility index (Phi) is 3.25. The van der Waals surface area contributed by atoms with Crippen LogP contribution in [0.2, 0.25) is 0 Å². The van der Waals surface area contributed by atoms with Crippen LogP contribution in [0, 0.1) is 0 Å². The SMILES string of the molecule is C1=C[SH](c2ccccc2)SC1c1ccccc1. The molecule has 1 heterocycles. The van der Waals surface area contributed by atoms with Gasteiger partial charge in [0.25, 0.3) is 0 Å². The molecule has 86 valence electrons. The first-order valence-corrected chi connectivity index (χ1v) is 8.57. The van der Waals surface area contributed by atoms with Crippen molar-refractivity contribution in [1.82, 2.24) is 0 Å². The fourth-order valence-corrected chi connectivity index (χ4v) is 6.29. The highest BCUT2D eigenvalue weighted by molar-refractivity contribution is 8.86. The molecular weight excluding hydrogens is 244 g/mol. The van der Waals surface area contributed by atoms with E-state index in [1.165, 1.54) is 10.5 Å². The van der Waals surface area contributed by atoms with Crippen molar-refractivity contribution in [1.29, 1.82) is 0 Å². The molecule has 0 fully saturated rings. The molecule has 0 saturated carbocycles. The summed E-state index contributed by atoms with van der Waals surface area (Å²) in [6.07, 6.45) is 2.35. The highest BCUT2D eigenvalue weighted by Gasteiger charge is 2.19. The topological polar surface area (TPSA) is 0 Å². The molecule has 0 bridgehead atoms. The molecule has 2 aromatic rings. The molecule has 2 atom stereocenters. The normalized spacial score (nSPS) is 24.9. The van der Waals surface area contributed by atoms with Gasteiger partial charge in [0.15, 0.2) is 0 Å². The predicted molar refractivity (Wildman–Crippen MR) is 79.6 cm³/mol. The Bertz CT molecular complexity index is 457. The molecular formula is C15H14S2. The summed E-state index contributed by atoms with van der Waals surface area (Å²) in [5, 5.41) is 2.91. The Morgan fingerprint density at radius 1 is 0.824 bits per heavy atom. The zero-order valence-corrected chi connectivity index (χ0v) is 11.1. The summed E-state index contributed by atoms with van der Waals surface area (Å²) in [5.74, 6) is 0. The van der Waals surface area contributed by atoms with Crippen LogP contribution in [0.1, 0.15) is 10.8 Å². The van der Waals surface area contributed by atoms with Crippen molar-refractivity contribution in [2.24, 2.45) is 0 Å². The summed E-state index contributed by atoms with van der Waals surface area (Å²) in [6.45, 7) is 0. The van der Waals surface area contributed by atoms with Crippen molar-refractivity contribution in [3.05, 3.63) is 77.7 Å². The fourth-order valence-electron chi connectivity index (χ4n) is 1.89. The first-order chi connectivity index (χ1) is 8.43. The molecule has 17 heavy (non-hydrogen) atoms. The van der Waals surface area contributed by atoms with E-state index in [1.807, 2.05) is 0 Å². The van der Waals surface area contributed by atoms with Crippen LogP contribution in [0.4, 0.5) is 0 Å². The zero-order valence-electron chi connectivity index (χ0n) is 9.36. The summed E-state index contributed by atoms with van der Waals surface area (Å²) < 4.78 is 0. The molecule has 0 aromatic heterocycles. The minimum absolute atomic E-state index is 0.167. The van der Waals surface area contributed by atoms with Crippen LogP contribution in [0.3, 0.4) is 0 Å². The number of hydrogen-bond donors (Lipinski definition) is 1. The van der Waals surface area contributed by atoms with Gasteiger partial charge in [-0.3, -0.25) is 0 Å². The second kappa shape index (κ2) is 5.03. The standard InChI is InChI=1S/C15H14S2/c1-3-7-13(8-4-1)15-11-12-17(16-15)14-9-5-2-6-10-14/h1-12,15,17H. The minimum Gasteiger partial charge on any atom is -0.157 e. The molecule has 0 nitrogen and oxygen atoms in total. The maximum absolute atomic E-state index is 2.38. The molecule has 1 aliphatic heterocycles. The summed E-state index contributed by atoms with van der Waals surface area (Å²) in [7, 11) is 1.90. The monoisotopic (exact) mass is 258 g/mol. The highest BCUT2D eigenvalue weighted by Crippen LogP contribution is 2.60. The maximum Gasteiger partial charge on any atom is 0.0577 e. The Morgan fingerprint density at radius 3 is 2.18 bits per heavy atom. The van der Waals surface area contributed by atoms with Gasteiger partial charge in [-0.05, 0) is 28.0 Å². The second-order valence-electron chi connectivity index (χ2n) is 3.94. The van der Waals surface area contributed by atoms with Gasteiger partial charge in [0, 0.05) is 0 Å². The van der Waals surface area contributed by atoms with Crippen molar-refractivity contribution in [2.75, 3.05) is 0 Å². The van der Waals surface area contributed by atoms with Gasteiger partial charge in [-0.15, -0.1) is 0 Å². The average molecular weight is 258 g/mol. The summed E-state index contributed by atoms with van der Waals surface area (Å²) in [6, 6.07) is 21.5. The molecule has 2 heteroatoms. The van der Waals surface area contributed by atoms with E-state index in [2.05, 4.69) is 82.9 Å². The van der Waals surface area contributed by atoms with Gasteiger partial charge in [-0.1, -0.05) is 65.4 Å². The second-order valence-corrected chi connectivity index (χ2v) is 7.94. The summed E-state index contributed by atoms with van der Waals surface area (Å²) in [4.78, 5) is 1.46. The van der Waals surface area contributed by atoms with Gasteiger partial charge >= 0.3 is 0 Å². The van der Waals surface area contributed by atoms with E-state index >= 15 is 0 Å². The summed E-state index contributed by atoms with van der Waals surface area (Å²) in [5.41, 5.74) is 1.41. The average Bonchev–Trinajstić information content (AvgIpc) is 2.90. The van der Waals surface area contributed by atoms with Crippen LogP contribution < -0.4 is 0 Å². The van der Waals surface area contributed by atoms with Crippen LogP contribution in [0.15, 0.2) is 77.0 Å². The lowest BCUT2D eigenvalue weighted by Gasteiger charge is -2.15. The highest BCUT2D eigenvalue weighted by atomic mass is 33.1. The van der Waals surface area contributed by atoms with Gasteiger partial charge in [0.2, 0.25) is 0 Å². The molecule has 0 amide bonds. The van der Waals surface area contributed by atoms with Crippen molar-refractivity contribution in [3.8, 4) is 0 Å². The fraction of sp³-hybridized carbons (Fsp3) is 0.0667. The van der Waals surface area contributed by atoms with Crippen LogP contribution in [-0.2, 0) is 0 Å². The molecule has 0 radical (unpaired) electrons. The molecule has 0 N–H and O–H groups in total. The van der Waals surface area contributed by atoms with Crippen LogP contribution >= 0.6 is 20.7 Å². The van der Waals surface area contributed by atoms with E-state index in [0.29, 0.717) is 5.25 Å². The largest absolute Gasteiger partial charge is 0.157 e. The predicted octanol–water partition coefficient (Wildman–Crippen LogP) is 4.96. The van der Waals surface area contributed by atoms with Gasteiger partial charge < -0.3 is 0 Å². The smallest absolute Gasteiger partial charge is 0.0577 e. The zero-order chi connectivity index (χ0) is 11.5. The molecule has 2 unspecified atom stereocenters. The molecule has 0 spiro atoms. The van der Waals surface area contributed by atoms with Crippen molar-refractivity contribution in [3.63, 3.8) is 0 Å². The lowest BCUT2D eigenvalue weighted by Crippen LogP contribution is -1.84. The Hall–Kier alpha value is -1.12. The minimum atomic E-state index is -0.167. The van der Waals surface area contributed by atoms with E-state index in [4.69, 9.17) is 0 Å². The van der Waals surface area contributed by atoms with Gasteiger partial charge in [-0.2, -0.15) is 9.93 Å². The number of thiol groups is 1. The van der Waals surface area contributed by atoms with Crippen molar-refractivity contribution < 1.29 is 0 Å². The van der Waals surface area contributed by atoms with E-state index in [9.17, 15) is 0 Å². The van der Waals surface area contributed by atoms with Crippen molar-refractivity contribution in [2.45, 2.75) is 10.1 Å². The number of hydrogen-bond acceptors (Lipinski definition) is 1. The third-order valence-corrected chi connectivity index (χ3v) is 7.26. The van der Waals surface area contributed by atoms with Crippen LogP contribution in [0.5, 0.6) is 0 Å². The molecule has 0 saturated heterocycles. The lowest BCUT2D eigenvalue weighted by atomic mass is 10.1. The summed E-state index contributed by atoms with van der Waals surface area (Å²) >= 11 is 0. The molecule has 3 rings (SSSR count). The Morgan fingerprint density at radius 2 is 1.47 bits per heavy atom. The van der Waals surface area contributed by atoms with E-state index in [1.54, 1.807) is 0 Å². The van der Waals surface area contributed by atoms with E-state index in [-0.39, 0.29) is 9.93 Å². The molecule has 0 aliphatic carbocycles. The lowest BCUT2D eigenvalue weighted by molar-refractivity contribution is 1.25. The van der Waals surface area contributed by atoms with Gasteiger partial charge in [-0.25, -0.2) is 0 Å². The number of rotatable bonds is 2. The van der Waals surface area contributed by atoms with Crippen LogP contribution in [0.25, 0.3) is 0 Å². The Balaban J connectivity index is 1.78.